The second-order valence-electron chi connectivity index (χ2n) is 5.28. The van der Waals surface area contributed by atoms with E-state index in [0.717, 1.165) is 5.56 Å². The number of quaternary nitrogens is 1. The van der Waals surface area contributed by atoms with Crippen LogP contribution in [0.15, 0.2) is 42.5 Å². The first-order valence-electron chi connectivity index (χ1n) is 7.69. The maximum atomic E-state index is 13.8. The third-order valence-electron chi connectivity index (χ3n) is 3.66. The van der Waals surface area contributed by atoms with Crippen molar-refractivity contribution in [2.45, 2.75) is 25.9 Å². The van der Waals surface area contributed by atoms with Gasteiger partial charge in [0.05, 0.1) is 12.2 Å². The highest BCUT2D eigenvalue weighted by atomic mass is 35.5. The van der Waals surface area contributed by atoms with Gasteiger partial charge in [0, 0.05) is 10.6 Å². The highest BCUT2D eigenvalue weighted by Gasteiger charge is 2.23. The van der Waals surface area contributed by atoms with Crippen LogP contribution in [-0.4, -0.2) is 12.6 Å². The smallest absolute Gasteiger partial charge is 0.312 e. The monoisotopic (exact) mass is 354 g/mol. The molecule has 0 amide bonds. The van der Waals surface area contributed by atoms with Gasteiger partial charge in [-0.3, -0.25) is 4.79 Å². The Balaban J connectivity index is 2.20. The number of hydrogen-bond acceptors (Lipinski definition) is 2. The molecule has 2 rings (SSSR count). The standard InChI is InChI=1S/C18H18ClF2NO2/c1-2-24-18(23)10-17(12-6-3-4-7-14(12)19)22-11-13-15(20)8-5-9-16(13)21/h3-9,17,22H,2,10-11H2,1H3/p+1/t17-/m1/s1. The van der Waals surface area contributed by atoms with Crippen LogP contribution >= 0.6 is 11.6 Å². The van der Waals surface area contributed by atoms with E-state index >= 15 is 0 Å². The highest BCUT2D eigenvalue weighted by molar-refractivity contribution is 6.31. The molecule has 0 aromatic heterocycles. The Morgan fingerprint density at radius 1 is 1.17 bits per heavy atom. The maximum absolute atomic E-state index is 13.8. The molecule has 0 aliphatic carbocycles. The Labute approximate surface area is 144 Å². The van der Waals surface area contributed by atoms with E-state index in [0.29, 0.717) is 5.02 Å². The normalized spacial score (nSPS) is 12.0. The summed E-state index contributed by atoms with van der Waals surface area (Å²) in [4.78, 5) is 11.8. The number of ether oxygens (including phenoxy) is 1. The summed E-state index contributed by atoms with van der Waals surface area (Å²) in [6, 6.07) is 10.4. The summed E-state index contributed by atoms with van der Waals surface area (Å²) < 4.78 is 32.6. The first kappa shape index (κ1) is 18.4. The van der Waals surface area contributed by atoms with E-state index in [4.69, 9.17) is 16.3 Å². The van der Waals surface area contributed by atoms with Crippen molar-refractivity contribution < 1.29 is 23.6 Å². The summed E-state index contributed by atoms with van der Waals surface area (Å²) in [5, 5.41) is 2.19. The summed E-state index contributed by atoms with van der Waals surface area (Å²) in [5.74, 6) is -1.60. The number of carbonyl (C=O) groups excluding carboxylic acids is 1. The molecular formula is C18H19ClF2NO2+. The lowest BCUT2D eigenvalue weighted by Crippen LogP contribution is -2.84. The van der Waals surface area contributed by atoms with Crippen LogP contribution in [0.25, 0.3) is 0 Å². The van der Waals surface area contributed by atoms with Gasteiger partial charge in [-0.2, -0.15) is 0 Å². The van der Waals surface area contributed by atoms with Crippen LogP contribution in [-0.2, 0) is 16.1 Å². The van der Waals surface area contributed by atoms with Crippen LogP contribution in [0.4, 0.5) is 8.78 Å². The van der Waals surface area contributed by atoms with E-state index in [1.807, 2.05) is 0 Å². The van der Waals surface area contributed by atoms with Gasteiger partial charge in [0.1, 0.15) is 30.6 Å². The minimum Gasteiger partial charge on any atom is -0.466 e. The van der Waals surface area contributed by atoms with E-state index in [2.05, 4.69) is 0 Å². The summed E-state index contributed by atoms with van der Waals surface area (Å²) in [6.07, 6.45) is 0.0631. The Bertz CT molecular complexity index is 689. The van der Waals surface area contributed by atoms with E-state index in [1.54, 1.807) is 36.5 Å². The fourth-order valence-corrected chi connectivity index (χ4v) is 2.76. The SMILES string of the molecule is CCOC(=O)C[C@@H]([NH2+]Cc1c(F)cccc1F)c1ccccc1Cl. The quantitative estimate of drug-likeness (QED) is 0.775. The minimum atomic E-state index is -0.611. The zero-order valence-electron chi connectivity index (χ0n) is 13.3. The molecular weight excluding hydrogens is 336 g/mol. The lowest BCUT2D eigenvalue weighted by molar-refractivity contribution is -0.710. The summed E-state index contributed by atoms with van der Waals surface area (Å²) in [6.45, 7) is 2.05. The lowest BCUT2D eigenvalue weighted by Gasteiger charge is -2.17. The molecule has 0 spiro atoms. The number of benzene rings is 2. The zero-order chi connectivity index (χ0) is 17.5. The fourth-order valence-electron chi connectivity index (χ4n) is 2.48. The number of hydrogen-bond donors (Lipinski definition) is 1. The summed E-state index contributed by atoms with van der Waals surface area (Å²) in [7, 11) is 0. The number of carbonyl (C=O) groups is 1. The van der Waals surface area contributed by atoms with Crippen molar-refractivity contribution >= 4 is 17.6 Å². The average molecular weight is 355 g/mol. The van der Waals surface area contributed by atoms with Gasteiger partial charge in [-0.25, -0.2) is 8.78 Å². The molecule has 0 saturated heterocycles. The summed E-state index contributed by atoms with van der Waals surface area (Å²) in [5.41, 5.74) is 0.697. The minimum absolute atomic E-state index is 0.0292. The van der Waals surface area contributed by atoms with Crippen LogP contribution in [0.1, 0.15) is 30.5 Å². The molecule has 0 bridgehead atoms. The second-order valence-corrected chi connectivity index (χ2v) is 5.68. The van der Waals surface area contributed by atoms with Crippen molar-refractivity contribution in [3.63, 3.8) is 0 Å². The molecule has 0 aliphatic heterocycles. The number of esters is 1. The maximum Gasteiger partial charge on any atom is 0.312 e. The fraction of sp³-hybridized carbons (Fsp3) is 0.278. The molecule has 2 aromatic carbocycles. The van der Waals surface area contributed by atoms with Gasteiger partial charge in [-0.1, -0.05) is 35.9 Å². The predicted octanol–water partition coefficient (Wildman–Crippen LogP) is 3.38. The van der Waals surface area contributed by atoms with E-state index in [-0.39, 0.29) is 31.1 Å². The predicted molar refractivity (Wildman–Crippen MR) is 87.4 cm³/mol. The van der Waals surface area contributed by atoms with Gasteiger partial charge in [-0.05, 0) is 25.1 Å². The average Bonchev–Trinajstić information content (AvgIpc) is 2.54. The molecule has 1 atom stereocenters. The molecule has 0 unspecified atom stereocenters. The van der Waals surface area contributed by atoms with Crippen molar-refractivity contribution in [1.82, 2.24) is 0 Å². The Morgan fingerprint density at radius 2 is 1.83 bits per heavy atom. The van der Waals surface area contributed by atoms with Gasteiger partial charge >= 0.3 is 5.97 Å². The molecule has 0 heterocycles. The number of nitrogens with two attached hydrogens (primary N) is 1. The first-order chi connectivity index (χ1) is 11.5. The molecule has 0 aliphatic rings. The van der Waals surface area contributed by atoms with Crippen LogP contribution in [0.2, 0.25) is 5.02 Å². The molecule has 2 N–H and O–H groups in total. The number of rotatable bonds is 7. The highest BCUT2D eigenvalue weighted by Crippen LogP contribution is 2.23. The van der Waals surface area contributed by atoms with Gasteiger partial charge in [0.25, 0.3) is 0 Å². The van der Waals surface area contributed by atoms with Crippen molar-refractivity contribution in [2.75, 3.05) is 6.61 Å². The van der Waals surface area contributed by atoms with Gasteiger partial charge in [-0.15, -0.1) is 0 Å². The first-order valence-corrected chi connectivity index (χ1v) is 8.07. The van der Waals surface area contributed by atoms with Crippen molar-refractivity contribution in [1.29, 1.82) is 0 Å². The van der Waals surface area contributed by atoms with E-state index in [9.17, 15) is 13.6 Å². The largest absolute Gasteiger partial charge is 0.466 e. The molecule has 0 fully saturated rings. The van der Waals surface area contributed by atoms with E-state index < -0.39 is 17.7 Å². The second kappa shape index (κ2) is 8.76. The lowest BCUT2D eigenvalue weighted by atomic mass is 10.0. The van der Waals surface area contributed by atoms with Crippen LogP contribution < -0.4 is 5.32 Å². The van der Waals surface area contributed by atoms with E-state index in [1.165, 1.54) is 18.2 Å². The van der Waals surface area contributed by atoms with Crippen LogP contribution in [0.5, 0.6) is 0 Å². The molecule has 24 heavy (non-hydrogen) atoms. The van der Waals surface area contributed by atoms with Crippen molar-refractivity contribution in [3.8, 4) is 0 Å². The summed E-state index contributed by atoms with van der Waals surface area (Å²) >= 11 is 6.20. The third kappa shape index (κ3) is 4.76. The molecule has 3 nitrogen and oxygen atoms in total. The Morgan fingerprint density at radius 3 is 2.46 bits per heavy atom. The molecule has 2 aromatic rings. The van der Waals surface area contributed by atoms with Crippen LogP contribution in [0.3, 0.4) is 0 Å². The van der Waals surface area contributed by atoms with Crippen molar-refractivity contribution in [2.24, 2.45) is 0 Å². The molecule has 128 valence electrons. The Hall–Kier alpha value is -1.98. The third-order valence-corrected chi connectivity index (χ3v) is 4.01. The zero-order valence-corrected chi connectivity index (χ0v) is 14.0. The van der Waals surface area contributed by atoms with Gasteiger partial charge in [0.15, 0.2) is 0 Å². The number of halogens is 3. The Kier molecular flexibility index (Phi) is 6.70. The van der Waals surface area contributed by atoms with Gasteiger partial charge in [0.2, 0.25) is 0 Å². The molecule has 0 saturated carbocycles. The topological polar surface area (TPSA) is 42.9 Å². The van der Waals surface area contributed by atoms with Gasteiger partial charge < -0.3 is 10.1 Å². The van der Waals surface area contributed by atoms with Crippen LogP contribution in [0, 0.1) is 11.6 Å². The molecule has 0 radical (unpaired) electrons. The molecule has 6 heteroatoms. The van der Waals surface area contributed by atoms with Crippen molar-refractivity contribution in [3.05, 3.63) is 70.2 Å².